The fourth-order valence-electron chi connectivity index (χ4n) is 5.37. The third-order valence-corrected chi connectivity index (χ3v) is 9.43. The summed E-state index contributed by atoms with van der Waals surface area (Å²) in [6, 6.07) is 12.5. The molecule has 0 spiro atoms. The minimum atomic E-state index is -3.96. The van der Waals surface area contributed by atoms with Gasteiger partial charge in [-0.15, -0.1) is 0 Å². The van der Waals surface area contributed by atoms with Crippen molar-refractivity contribution in [2.75, 3.05) is 7.05 Å². The number of amides is 3. The van der Waals surface area contributed by atoms with Gasteiger partial charge in [-0.1, -0.05) is 75.2 Å². The van der Waals surface area contributed by atoms with Gasteiger partial charge < -0.3 is 15.5 Å². The number of hydrogen-bond acceptors (Lipinski definition) is 5. The SMILES string of the molecule is CC(=O)N[C@H](C(=O)N(C)[C@H](C(=O)N/C=C/c1c(CC=C(C)C)n(S(=O)(=O)c2ccc(C)cc2)c2ccccc12)C(C)C)C(C)C. The van der Waals surface area contributed by atoms with Crippen molar-refractivity contribution in [2.45, 2.75) is 78.8 Å². The maximum Gasteiger partial charge on any atom is 0.268 e. The lowest BCUT2D eigenvalue weighted by atomic mass is 9.98. The molecule has 9 nitrogen and oxygen atoms in total. The molecule has 10 heteroatoms. The number of likely N-dealkylation sites (N-methyl/N-ethyl adjacent to an activating group) is 1. The van der Waals surface area contributed by atoms with Gasteiger partial charge in [-0.25, -0.2) is 12.4 Å². The third-order valence-electron chi connectivity index (χ3n) is 7.66. The van der Waals surface area contributed by atoms with E-state index in [-0.39, 0.29) is 28.5 Å². The number of carbonyl (C=O) groups excluding carboxylic acids is 3. The highest BCUT2D eigenvalue weighted by molar-refractivity contribution is 7.90. The zero-order valence-electron chi connectivity index (χ0n) is 27.7. The van der Waals surface area contributed by atoms with Gasteiger partial charge in [0.1, 0.15) is 12.1 Å². The van der Waals surface area contributed by atoms with Gasteiger partial charge in [-0.3, -0.25) is 14.4 Å². The predicted octanol–water partition coefficient (Wildman–Crippen LogP) is 5.43. The summed E-state index contributed by atoms with van der Waals surface area (Å²) < 4.78 is 29.5. The Morgan fingerprint density at radius 1 is 0.933 bits per heavy atom. The minimum Gasteiger partial charge on any atom is -0.344 e. The van der Waals surface area contributed by atoms with E-state index in [0.29, 0.717) is 23.2 Å². The second kappa shape index (κ2) is 14.7. The lowest BCUT2D eigenvalue weighted by Gasteiger charge is -2.33. The molecule has 242 valence electrons. The molecule has 0 unspecified atom stereocenters. The monoisotopic (exact) mass is 634 g/mol. The van der Waals surface area contributed by atoms with E-state index in [9.17, 15) is 22.8 Å². The molecule has 3 amide bonds. The Morgan fingerprint density at radius 2 is 1.56 bits per heavy atom. The van der Waals surface area contributed by atoms with E-state index >= 15 is 0 Å². The number of fused-ring (bicyclic) bond motifs is 1. The van der Waals surface area contributed by atoms with Crippen LogP contribution in [0.1, 0.15) is 65.3 Å². The fourth-order valence-corrected chi connectivity index (χ4v) is 6.94. The van der Waals surface area contributed by atoms with Crippen LogP contribution in [0.25, 0.3) is 17.0 Å². The summed E-state index contributed by atoms with van der Waals surface area (Å²) in [6.45, 7) is 14.5. The van der Waals surface area contributed by atoms with Crippen LogP contribution in [-0.2, 0) is 30.8 Å². The van der Waals surface area contributed by atoms with Crippen molar-refractivity contribution in [3.8, 4) is 0 Å². The zero-order chi connectivity index (χ0) is 33.6. The van der Waals surface area contributed by atoms with Crippen LogP contribution in [0.2, 0.25) is 0 Å². The highest BCUT2D eigenvalue weighted by atomic mass is 32.2. The highest BCUT2D eigenvalue weighted by Crippen LogP contribution is 2.32. The van der Waals surface area contributed by atoms with E-state index in [4.69, 9.17) is 0 Å². The van der Waals surface area contributed by atoms with Crippen LogP contribution in [0.5, 0.6) is 0 Å². The van der Waals surface area contributed by atoms with E-state index in [1.54, 1.807) is 49.5 Å². The second-order valence-corrected chi connectivity index (χ2v) is 14.1. The first-order valence-electron chi connectivity index (χ1n) is 15.2. The molecule has 0 aliphatic rings. The first kappa shape index (κ1) is 35.3. The van der Waals surface area contributed by atoms with E-state index in [2.05, 4.69) is 10.6 Å². The quantitative estimate of drug-likeness (QED) is 0.258. The van der Waals surface area contributed by atoms with Crippen LogP contribution in [0.15, 0.2) is 71.3 Å². The molecule has 1 heterocycles. The molecule has 0 aliphatic carbocycles. The summed E-state index contributed by atoms with van der Waals surface area (Å²) in [5, 5.41) is 6.24. The molecule has 3 aromatic rings. The summed E-state index contributed by atoms with van der Waals surface area (Å²) >= 11 is 0. The average molecular weight is 635 g/mol. The van der Waals surface area contributed by atoms with Gasteiger partial charge in [-0.2, -0.15) is 0 Å². The summed E-state index contributed by atoms with van der Waals surface area (Å²) in [5.41, 5.74) is 3.75. The first-order chi connectivity index (χ1) is 21.1. The Balaban J connectivity index is 2.06. The molecule has 2 aromatic carbocycles. The van der Waals surface area contributed by atoms with Gasteiger partial charge in [0, 0.05) is 43.2 Å². The molecule has 0 bridgehead atoms. The smallest absolute Gasteiger partial charge is 0.268 e. The van der Waals surface area contributed by atoms with E-state index in [1.807, 2.05) is 66.7 Å². The Kier molecular flexibility index (Phi) is 11.6. The van der Waals surface area contributed by atoms with Crippen molar-refractivity contribution >= 4 is 44.7 Å². The van der Waals surface area contributed by atoms with E-state index in [1.165, 1.54) is 22.0 Å². The van der Waals surface area contributed by atoms with Crippen LogP contribution in [0, 0.1) is 18.8 Å². The zero-order valence-corrected chi connectivity index (χ0v) is 28.5. The average Bonchev–Trinajstić information content (AvgIpc) is 3.28. The Hall–Kier alpha value is -4.18. The second-order valence-electron chi connectivity index (χ2n) is 12.3. The van der Waals surface area contributed by atoms with E-state index < -0.39 is 28.0 Å². The molecule has 0 saturated heterocycles. The molecule has 3 rings (SSSR count). The number of aryl methyl sites for hydroxylation is 1. The number of carbonyl (C=O) groups is 3. The van der Waals surface area contributed by atoms with Crippen LogP contribution in [0.4, 0.5) is 0 Å². The number of rotatable bonds is 12. The minimum absolute atomic E-state index is 0.174. The molecular weight excluding hydrogens is 588 g/mol. The van der Waals surface area contributed by atoms with Gasteiger partial charge in [0.25, 0.3) is 10.0 Å². The molecule has 45 heavy (non-hydrogen) atoms. The molecule has 2 N–H and O–H groups in total. The van der Waals surface area contributed by atoms with Gasteiger partial charge in [0.05, 0.1) is 10.4 Å². The number of para-hydroxylation sites is 1. The third kappa shape index (κ3) is 8.11. The van der Waals surface area contributed by atoms with Crippen molar-refractivity contribution in [1.29, 1.82) is 0 Å². The molecule has 2 atom stereocenters. The summed E-state index contributed by atoms with van der Waals surface area (Å²) in [6.07, 6.45) is 5.53. The largest absolute Gasteiger partial charge is 0.344 e. The lowest BCUT2D eigenvalue weighted by Crippen LogP contribution is -2.56. The lowest BCUT2D eigenvalue weighted by molar-refractivity contribution is -0.143. The van der Waals surface area contributed by atoms with Gasteiger partial charge in [0.15, 0.2) is 0 Å². The topological polar surface area (TPSA) is 118 Å². The summed E-state index contributed by atoms with van der Waals surface area (Å²) in [4.78, 5) is 40.2. The fraction of sp³-hybridized carbons (Fsp3) is 0.400. The molecule has 0 radical (unpaired) electrons. The Bertz CT molecular complexity index is 1710. The van der Waals surface area contributed by atoms with Crippen molar-refractivity contribution in [3.05, 3.63) is 83.2 Å². The standard InChI is InChI=1S/C35H46N4O5S/c1-22(2)14-19-31-29(28-12-10-11-13-30(28)39(31)45(43,44)27-17-15-25(7)16-18-27)20-21-36-34(41)33(24(5)6)38(9)35(42)32(23(3)4)37-26(8)40/h10-18,20-21,23-24,32-33H,19H2,1-9H3,(H,36,41)(H,37,40)/b21-20+/t32-,33-/m0/s1. The maximum absolute atomic E-state index is 14.1. The Morgan fingerprint density at radius 3 is 2.11 bits per heavy atom. The highest BCUT2D eigenvalue weighted by Gasteiger charge is 2.34. The summed E-state index contributed by atoms with van der Waals surface area (Å²) in [5.74, 6) is -1.48. The van der Waals surface area contributed by atoms with Crippen molar-refractivity contribution in [3.63, 3.8) is 0 Å². The molecular formula is C35H46N4O5S. The molecule has 0 fully saturated rings. The van der Waals surface area contributed by atoms with Crippen LogP contribution in [-0.4, -0.2) is 54.1 Å². The molecule has 0 aliphatic heterocycles. The van der Waals surface area contributed by atoms with Crippen LogP contribution < -0.4 is 10.6 Å². The number of nitrogens with zero attached hydrogens (tertiary/aromatic N) is 2. The predicted molar refractivity (Wildman–Crippen MR) is 180 cm³/mol. The van der Waals surface area contributed by atoms with Gasteiger partial charge >= 0.3 is 0 Å². The Labute approximate surface area is 267 Å². The van der Waals surface area contributed by atoms with Gasteiger partial charge in [0.2, 0.25) is 17.7 Å². The van der Waals surface area contributed by atoms with Crippen LogP contribution in [0.3, 0.4) is 0 Å². The number of nitrogens with one attached hydrogen (secondary N) is 2. The summed E-state index contributed by atoms with van der Waals surface area (Å²) in [7, 11) is -2.39. The van der Waals surface area contributed by atoms with Crippen molar-refractivity contribution in [1.82, 2.24) is 19.5 Å². The van der Waals surface area contributed by atoms with E-state index in [0.717, 1.165) is 16.5 Å². The molecule has 0 saturated carbocycles. The van der Waals surface area contributed by atoms with Crippen LogP contribution >= 0.6 is 0 Å². The normalized spacial score (nSPS) is 13.2. The first-order valence-corrected chi connectivity index (χ1v) is 16.6. The maximum atomic E-state index is 14.1. The van der Waals surface area contributed by atoms with Gasteiger partial charge in [-0.05, 0) is 56.9 Å². The number of aromatic nitrogens is 1. The number of hydrogen-bond donors (Lipinski definition) is 2. The number of benzene rings is 2. The number of allylic oxidation sites excluding steroid dienone is 2. The van der Waals surface area contributed by atoms with Crippen molar-refractivity contribution in [2.24, 2.45) is 11.8 Å². The molecule has 1 aromatic heterocycles. The van der Waals surface area contributed by atoms with Crippen molar-refractivity contribution < 1.29 is 22.8 Å².